The Morgan fingerprint density at radius 1 is 1.04 bits per heavy atom. The van der Waals surface area contributed by atoms with Crippen molar-refractivity contribution in [2.75, 3.05) is 6.61 Å². The standard InChI is InChI=1S/C22H26O4/c1-4-13-26-22-16(6-3)14-15(5-2)21(25)19(22)11-12-20(24)17-7-9-18(23)10-8-17/h7-12,14,23,25H,4-6,13H2,1-3H3. The van der Waals surface area contributed by atoms with E-state index in [-0.39, 0.29) is 17.3 Å². The van der Waals surface area contributed by atoms with E-state index in [1.54, 1.807) is 18.2 Å². The average molecular weight is 354 g/mol. The lowest BCUT2D eigenvalue weighted by atomic mass is 9.98. The summed E-state index contributed by atoms with van der Waals surface area (Å²) in [7, 11) is 0. The summed E-state index contributed by atoms with van der Waals surface area (Å²) in [6.07, 6.45) is 5.38. The fourth-order valence-corrected chi connectivity index (χ4v) is 2.74. The lowest BCUT2D eigenvalue weighted by Crippen LogP contribution is -2.03. The van der Waals surface area contributed by atoms with Gasteiger partial charge in [0.1, 0.15) is 17.2 Å². The van der Waals surface area contributed by atoms with Crippen molar-refractivity contribution >= 4 is 11.9 Å². The molecule has 2 rings (SSSR count). The molecule has 4 nitrogen and oxygen atoms in total. The molecule has 0 saturated heterocycles. The fourth-order valence-electron chi connectivity index (χ4n) is 2.74. The number of hydrogen-bond donors (Lipinski definition) is 2. The number of carbonyl (C=O) groups is 1. The average Bonchev–Trinajstić information content (AvgIpc) is 2.65. The highest BCUT2D eigenvalue weighted by Gasteiger charge is 2.16. The van der Waals surface area contributed by atoms with Crippen LogP contribution in [0.25, 0.3) is 6.08 Å². The summed E-state index contributed by atoms with van der Waals surface area (Å²) in [6, 6.07) is 8.05. The molecule has 0 amide bonds. The largest absolute Gasteiger partial charge is 0.508 e. The van der Waals surface area contributed by atoms with Crippen molar-refractivity contribution in [1.82, 2.24) is 0 Å². The van der Waals surface area contributed by atoms with Gasteiger partial charge in [0.25, 0.3) is 0 Å². The number of hydrogen-bond acceptors (Lipinski definition) is 4. The highest BCUT2D eigenvalue weighted by Crippen LogP contribution is 2.37. The smallest absolute Gasteiger partial charge is 0.185 e. The van der Waals surface area contributed by atoms with Crippen LogP contribution in [0.2, 0.25) is 0 Å². The Balaban J connectivity index is 2.44. The summed E-state index contributed by atoms with van der Waals surface area (Å²) < 4.78 is 5.89. The molecule has 0 aliphatic carbocycles. The van der Waals surface area contributed by atoms with Crippen LogP contribution in [0.4, 0.5) is 0 Å². The van der Waals surface area contributed by atoms with Crippen LogP contribution in [0, 0.1) is 0 Å². The molecule has 0 fully saturated rings. The zero-order valence-electron chi connectivity index (χ0n) is 15.6. The van der Waals surface area contributed by atoms with E-state index in [4.69, 9.17) is 4.74 Å². The first-order chi connectivity index (χ1) is 12.5. The molecule has 2 aromatic carbocycles. The maximum atomic E-state index is 12.4. The van der Waals surface area contributed by atoms with Gasteiger partial charge >= 0.3 is 0 Å². The van der Waals surface area contributed by atoms with Gasteiger partial charge in [-0.2, -0.15) is 0 Å². The van der Waals surface area contributed by atoms with E-state index in [0.29, 0.717) is 29.9 Å². The molecule has 138 valence electrons. The monoisotopic (exact) mass is 354 g/mol. The van der Waals surface area contributed by atoms with E-state index in [2.05, 4.69) is 0 Å². The van der Waals surface area contributed by atoms with Gasteiger partial charge in [0, 0.05) is 5.56 Å². The minimum absolute atomic E-state index is 0.113. The minimum Gasteiger partial charge on any atom is -0.508 e. The molecular weight excluding hydrogens is 328 g/mol. The maximum Gasteiger partial charge on any atom is 0.185 e. The predicted octanol–water partition coefficient (Wildman–Crippen LogP) is 4.91. The lowest BCUT2D eigenvalue weighted by molar-refractivity contribution is 0.104. The number of allylic oxidation sites excluding steroid dienone is 1. The summed E-state index contributed by atoms with van der Waals surface area (Å²) in [5.41, 5.74) is 2.87. The van der Waals surface area contributed by atoms with E-state index in [0.717, 1.165) is 24.0 Å². The molecule has 0 saturated carbocycles. The molecule has 26 heavy (non-hydrogen) atoms. The number of ether oxygens (including phenoxy) is 1. The number of aromatic hydroxyl groups is 2. The van der Waals surface area contributed by atoms with Crippen LogP contribution in [0.1, 0.15) is 54.2 Å². The Morgan fingerprint density at radius 3 is 2.27 bits per heavy atom. The SMILES string of the molecule is CCCOc1c(CC)cc(CC)c(O)c1C=CC(=O)c1ccc(O)cc1. The third-order valence-corrected chi connectivity index (χ3v) is 4.21. The summed E-state index contributed by atoms with van der Waals surface area (Å²) in [5, 5.41) is 20.0. The first-order valence-corrected chi connectivity index (χ1v) is 9.03. The van der Waals surface area contributed by atoms with E-state index in [1.165, 1.54) is 18.2 Å². The number of benzene rings is 2. The van der Waals surface area contributed by atoms with Gasteiger partial charge in [-0.15, -0.1) is 0 Å². The van der Waals surface area contributed by atoms with Crippen LogP contribution in [0.15, 0.2) is 36.4 Å². The van der Waals surface area contributed by atoms with Crippen molar-refractivity contribution in [3.8, 4) is 17.2 Å². The third kappa shape index (κ3) is 4.45. The second-order valence-electron chi connectivity index (χ2n) is 6.09. The molecule has 2 N–H and O–H groups in total. The van der Waals surface area contributed by atoms with Gasteiger partial charge in [0.05, 0.1) is 12.2 Å². The lowest BCUT2D eigenvalue weighted by Gasteiger charge is -2.17. The summed E-state index contributed by atoms with van der Waals surface area (Å²) in [5.74, 6) is 0.705. The predicted molar refractivity (Wildman–Crippen MR) is 104 cm³/mol. The van der Waals surface area contributed by atoms with Crippen molar-refractivity contribution in [3.63, 3.8) is 0 Å². The Morgan fingerprint density at radius 2 is 1.69 bits per heavy atom. The highest BCUT2D eigenvalue weighted by molar-refractivity contribution is 6.07. The molecule has 0 aliphatic rings. The Kier molecular flexibility index (Phi) is 6.84. The van der Waals surface area contributed by atoms with Crippen molar-refractivity contribution in [3.05, 3.63) is 58.7 Å². The number of aryl methyl sites for hydroxylation is 2. The number of rotatable bonds is 8. The normalized spacial score (nSPS) is 11.0. The summed E-state index contributed by atoms with van der Waals surface area (Å²) in [4.78, 5) is 12.4. The van der Waals surface area contributed by atoms with E-state index in [9.17, 15) is 15.0 Å². The Hall–Kier alpha value is -2.75. The van der Waals surface area contributed by atoms with Crippen LogP contribution >= 0.6 is 0 Å². The number of ketones is 1. The van der Waals surface area contributed by atoms with Crippen molar-refractivity contribution in [2.45, 2.75) is 40.0 Å². The van der Waals surface area contributed by atoms with Gasteiger partial charge < -0.3 is 14.9 Å². The molecule has 4 heteroatoms. The summed E-state index contributed by atoms with van der Waals surface area (Å²) in [6.45, 7) is 6.59. The first kappa shape index (κ1) is 19.6. The number of phenols is 2. The second kappa shape index (κ2) is 9.09. The van der Waals surface area contributed by atoms with Crippen molar-refractivity contribution < 1.29 is 19.7 Å². The molecule has 0 spiro atoms. The number of carbonyl (C=O) groups excluding carboxylic acids is 1. The molecule has 0 aliphatic heterocycles. The van der Waals surface area contributed by atoms with Gasteiger partial charge in [-0.05, 0) is 72.9 Å². The first-order valence-electron chi connectivity index (χ1n) is 9.03. The molecular formula is C22H26O4. The molecule has 0 atom stereocenters. The van der Waals surface area contributed by atoms with Gasteiger partial charge in [0.15, 0.2) is 5.78 Å². The van der Waals surface area contributed by atoms with Gasteiger partial charge in [-0.25, -0.2) is 0 Å². The fraction of sp³-hybridized carbons (Fsp3) is 0.318. The highest BCUT2D eigenvalue weighted by atomic mass is 16.5. The molecule has 0 bridgehead atoms. The minimum atomic E-state index is -0.203. The van der Waals surface area contributed by atoms with Crippen molar-refractivity contribution in [2.24, 2.45) is 0 Å². The third-order valence-electron chi connectivity index (χ3n) is 4.21. The molecule has 0 radical (unpaired) electrons. The molecule has 0 unspecified atom stereocenters. The molecule has 2 aromatic rings. The van der Waals surface area contributed by atoms with E-state index < -0.39 is 0 Å². The van der Waals surface area contributed by atoms with E-state index >= 15 is 0 Å². The van der Waals surface area contributed by atoms with Crippen LogP contribution in [-0.2, 0) is 12.8 Å². The number of phenolic OH excluding ortho intramolecular Hbond substituents is 2. The maximum absolute atomic E-state index is 12.4. The van der Waals surface area contributed by atoms with Gasteiger partial charge in [0.2, 0.25) is 0 Å². The second-order valence-corrected chi connectivity index (χ2v) is 6.09. The topological polar surface area (TPSA) is 66.8 Å². The van der Waals surface area contributed by atoms with Crippen LogP contribution in [-0.4, -0.2) is 22.6 Å². The Bertz CT molecular complexity index is 789. The van der Waals surface area contributed by atoms with Crippen LogP contribution < -0.4 is 4.74 Å². The van der Waals surface area contributed by atoms with Gasteiger partial charge in [-0.1, -0.05) is 20.8 Å². The zero-order chi connectivity index (χ0) is 19.1. The van der Waals surface area contributed by atoms with Crippen LogP contribution in [0.3, 0.4) is 0 Å². The Labute approximate surface area is 154 Å². The summed E-state index contributed by atoms with van der Waals surface area (Å²) >= 11 is 0. The van der Waals surface area contributed by atoms with E-state index in [1.807, 2.05) is 26.8 Å². The molecule has 0 aromatic heterocycles. The zero-order valence-corrected chi connectivity index (χ0v) is 15.6. The van der Waals surface area contributed by atoms with Crippen molar-refractivity contribution in [1.29, 1.82) is 0 Å². The van der Waals surface area contributed by atoms with Gasteiger partial charge in [-0.3, -0.25) is 4.79 Å². The van der Waals surface area contributed by atoms with Crippen LogP contribution in [0.5, 0.6) is 17.2 Å². The molecule has 0 heterocycles. The quantitative estimate of drug-likeness (QED) is 0.522.